The van der Waals surface area contributed by atoms with Gasteiger partial charge in [-0.3, -0.25) is 4.79 Å². The van der Waals surface area contributed by atoms with Gasteiger partial charge in [0.1, 0.15) is 11.8 Å². The summed E-state index contributed by atoms with van der Waals surface area (Å²) in [6.45, 7) is 0. The molecule has 2 atom stereocenters. The number of carbonyl (C=O) groups is 2. The summed E-state index contributed by atoms with van der Waals surface area (Å²) in [6.07, 6.45) is 4.73. The quantitative estimate of drug-likeness (QED) is 0.458. The number of carboxylic acid groups (broad SMARTS) is 1. The number of nitrogens with one attached hydrogen (secondary N) is 1. The molecule has 1 saturated heterocycles. The van der Waals surface area contributed by atoms with Crippen molar-refractivity contribution >= 4 is 33.5 Å². The molecule has 1 unspecified atom stereocenters. The van der Waals surface area contributed by atoms with E-state index in [0.29, 0.717) is 11.7 Å². The second kappa shape index (κ2) is 9.84. The lowest BCUT2D eigenvalue weighted by molar-refractivity contribution is -0.141. The smallest absolute Gasteiger partial charge is 0.326 e. The van der Waals surface area contributed by atoms with Crippen molar-refractivity contribution in [2.75, 3.05) is 5.75 Å². The first-order valence-corrected chi connectivity index (χ1v) is 10.5. The lowest BCUT2D eigenvalue weighted by atomic mass is 10.1. The maximum Gasteiger partial charge on any atom is 0.326 e. The predicted octanol–water partition coefficient (Wildman–Crippen LogP) is 3.22. The summed E-state index contributed by atoms with van der Waals surface area (Å²) in [5.74, 6) is 0.0896. The second-order valence-corrected chi connectivity index (χ2v) is 8.69. The van der Waals surface area contributed by atoms with Crippen LogP contribution in [0.1, 0.15) is 37.7 Å². The van der Waals surface area contributed by atoms with E-state index in [-0.39, 0.29) is 18.1 Å². The Morgan fingerprint density at radius 3 is 2.62 bits per heavy atom. The number of unbranched alkanes of at least 4 members (excludes halogenated alkanes) is 1. The molecule has 1 aliphatic rings. The SMILES string of the molecule is O=C(CCCC[C@@H]1CCSS1)NC(Cc1ccc(O)cc1)C(=O)O. The van der Waals surface area contributed by atoms with Crippen LogP contribution in [-0.4, -0.2) is 39.1 Å². The minimum absolute atomic E-state index is 0.133. The Bertz CT molecular complexity index is 544. The fourth-order valence-electron chi connectivity index (χ4n) is 2.56. The number of carbonyl (C=O) groups excluding carboxylic acids is 1. The molecule has 5 nitrogen and oxygen atoms in total. The molecule has 1 fully saturated rings. The zero-order valence-corrected chi connectivity index (χ0v) is 15.1. The monoisotopic (exact) mass is 369 g/mol. The summed E-state index contributed by atoms with van der Waals surface area (Å²) in [5.41, 5.74) is 0.760. The van der Waals surface area contributed by atoms with Crippen LogP contribution in [0.3, 0.4) is 0 Å². The Hall–Kier alpha value is -1.34. The van der Waals surface area contributed by atoms with Crippen molar-refractivity contribution in [2.24, 2.45) is 0 Å². The van der Waals surface area contributed by atoms with Crippen molar-refractivity contribution < 1.29 is 19.8 Å². The Balaban J connectivity index is 1.71. The highest BCUT2D eigenvalue weighted by Crippen LogP contribution is 2.39. The van der Waals surface area contributed by atoms with Crippen LogP contribution in [0.15, 0.2) is 24.3 Å². The van der Waals surface area contributed by atoms with Gasteiger partial charge in [0.2, 0.25) is 5.91 Å². The molecule has 7 heteroatoms. The van der Waals surface area contributed by atoms with Gasteiger partial charge in [0, 0.05) is 23.8 Å². The van der Waals surface area contributed by atoms with Gasteiger partial charge in [-0.25, -0.2) is 4.79 Å². The Kier molecular flexibility index (Phi) is 7.78. The first-order valence-electron chi connectivity index (χ1n) is 8.13. The second-order valence-electron chi connectivity index (χ2n) is 5.90. The highest BCUT2D eigenvalue weighted by atomic mass is 33.1. The minimum atomic E-state index is -1.05. The number of amides is 1. The molecule has 1 heterocycles. The number of benzene rings is 1. The Morgan fingerprint density at radius 1 is 1.25 bits per heavy atom. The van der Waals surface area contributed by atoms with Gasteiger partial charge in [0.25, 0.3) is 0 Å². The van der Waals surface area contributed by atoms with Crippen molar-refractivity contribution in [2.45, 2.75) is 49.8 Å². The van der Waals surface area contributed by atoms with E-state index in [4.69, 9.17) is 0 Å². The zero-order chi connectivity index (χ0) is 17.4. The van der Waals surface area contributed by atoms with Crippen LogP contribution < -0.4 is 5.32 Å². The fraction of sp³-hybridized carbons (Fsp3) is 0.529. The van der Waals surface area contributed by atoms with Gasteiger partial charge in [0.15, 0.2) is 0 Å². The molecule has 0 spiro atoms. The molecule has 0 saturated carbocycles. The molecule has 1 amide bonds. The summed E-state index contributed by atoms with van der Waals surface area (Å²) in [4.78, 5) is 23.3. The molecule has 0 radical (unpaired) electrons. The number of hydrogen-bond donors (Lipinski definition) is 3. The molecule has 0 aromatic heterocycles. The maximum atomic E-state index is 12.0. The van der Waals surface area contributed by atoms with E-state index in [1.54, 1.807) is 12.1 Å². The lowest BCUT2D eigenvalue weighted by Gasteiger charge is -2.15. The van der Waals surface area contributed by atoms with Gasteiger partial charge in [-0.05, 0) is 37.0 Å². The van der Waals surface area contributed by atoms with E-state index in [2.05, 4.69) is 5.32 Å². The standard InChI is InChI=1S/C17H23NO4S2/c19-13-7-5-12(6-8-13)11-15(17(21)22)18-16(20)4-2-1-3-14-9-10-23-24-14/h5-8,14-15,19H,1-4,9-11H2,(H,18,20)(H,21,22)/t14-,15?/m1/s1. The number of rotatable bonds is 9. The van der Waals surface area contributed by atoms with E-state index < -0.39 is 12.0 Å². The number of carboxylic acids is 1. The van der Waals surface area contributed by atoms with Gasteiger partial charge in [0.05, 0.1) is 0 Å². The third-order valence-corrected chi connectivity index (χ3v) is 6.92. The summed E-state index contributed by atoms with van der Waals surface area (Å²) in [5, 5.41) is 21.8. The van der Waals surface area contributed by atoms with Crippen LogP contribution in [0, 0.1) is 0 Å². The maximum absolute atomic E-state index is 12.0. The molecule has 1 aromatic rings. The van der Waals surface area contributed by atoms with Crippen molar-refractivity contribution in [3.05, 3.63) is 29.8 Å². The van der Waals surface area contributed by atoms with E-state index in [1.807, 2.05) is 21.6 Å². The average molecular weight is 370 g/mol. The lowest BCUT2D eigenvalue weighted by Crippen LogP contribution is -2.42. The number of phenolic OH excluding ortho intramolecular Hbond substituents is 1. The van der Waals surface area contributed by atoms with Gasteiger partial charge in [-0.2, -0.15) is 0 Å². The number of phenols is 1. The van der Waals surface area contributed by atoms with Gasteiger partial charge < -0.3 is 15.5 Å². The molecule has 1 aromatic carbocycles. The van der Waals surface area contributed by atoms with E-state index in [1.165, 1.54) is 24.3 Å². The van der Waals surface area contributed by atoms with Crippen LogP contribution in [-0.2, 0) is 16.0 Å². The minimum Gasteiger partial charge on any atom is -0.508 e. The molecule has 132 valence electrons. The average Bonchev–Trinajstić information content (AvgIpc) is 3.06. The number of aliphatic carboxylic acids is 1. The molecular formula is C17H23NO4S2. The zero-order valence-electron chi connectivity index (χ0n) is 13.4. The van der Waals surface area contributed by atoms with Crippen molar-refractivity contribution in [1.82, 2.24) is 5.32 Å². The fourth-order valence-corrected chi connectivity index (χ4v) is 5.58. The van der Waals surface area contributed by atoms with Gasteiger partial charge in [-0.1, -0.05) is 40.1 Å². The summed E-state index contributed by atoms with van der Waals surface area (Å²) in [6, 6.07) is 5.40. The van der Waals surface area contributed by atoms with Crippen LogP contribution in [0.25, 0.3) is 0 Å². The highest BCUT2D eigenvalue weighted by Gasteiger charge is 2.20. The Labute approximate surface area is 150 Å². The van der Waals surface area contributed by atoms with Crippen LogP contribution in [0.2, 0.25) is 0 Å². The molecule has 0 bridgehead atoms. The third-order valence-electron chi connectivity index (χ3n) is 3.92. The van der Waals surface area contributed by atoms with E-state index in [9.17, 15) is 19.8 Å². The van der Waals surface area contributed by atoms with Crippen LogP contribution in [0.5, 0.6) is 5.75 Å². The molecular weight excluding hydrogens is 346 g/mol. The number of aromatic hydroxyl groups is 1. The topological polar surface area (TPSA) is 86.6 Å². The summed E-state index contributed by atoms with van der Waals surface area (Å²) < 4.78 is 0. The van der Waals surface area contributed by atoms with Crippen molar-refractivity contribution in [3.63, 3.8) is 0 Å². The largest absolute Gasteiger partial charge is 0.508 e. The predicted molar refractivity (Wildman–Crippen MR) is 98.3 cm³/mol. The van der Waals surface area contributed by atoms with Gasteiger partial charge in [-0.15, -0.1) is 0 Å². The van der Waals surface area contributed by atoms with E-state index >= 15 is 0 Å². The number of hydrogen-bond acceptors (Lipinski definition) is 5. The molecule has 3 N–H and O–H groups in total. The molecule has 2 rings (SSSR count). The van der Waals surface area contributed by atoms with Crippen LogP contribution >= 0.6 is 21.6 Å². The van der Waals surface area contributed by atoms with Crippen molar-refractivity contribution in [3.8, 4) is 5.75 Å². The molecule has 0 aliphatic carbocycles. The Morgan fingerprint density at radius 2 is 2.00 bits per heavy atom. The van der Waals surface area contributed by atoms with E-state index in [0.717, 1.165) is 24.8 Å². The molecule has 1 aliphatic heterocycles. The third kappa shape index (κ3) is 6.65. The van der Waals surface area contributed by atoms with Gasteiger partial charge >= 0.3 is 5.97 Å². The van der Waals surface area contributed by atoms with Crippen molar-refractivity contribution in [1.29, 1.82) is 0 Å². The highest BCUT2D eigenvalue weighted by molar-refractivity contribution is 8.77. The van der Waals surface area contributed by atoms with Crippen LogP contribution in [0.4, 0.5) is 0 Å². The first-order chi connectivity index (χ1) is 11.5. The summed E-state index contributed by atoms with van der Waals surface area (Å²) >= 11 is 0. The molecule has 24 heavy (non-hydrogen) atoms. The first kappa shape index (κ1) is 19.0. The summed E-state index contributed by atoms with van der Waals surface area (Å²) in [7, 11) is 3.85. The normalized spacial score (nSPS) is 18.2.